The van der Waals surface area contributed by atoms with Gasteiger partial charge in [0, 0.05) is 19.6 Å². The lowest BCUT2D eigenvalue weighted by atomic mass is 10.1. The maximum atomic E-state index is 10.6. The van der Waals surface area contributed by atoms with Gasteiger partial charge in [-0.25, -0.2) is 0 Å². The van der Waals surface area contributed by atoms with E-state index in [2.05, 4.69) is 30.9 Å². The van der Waals surface area contributed by atoms with Crippen molar-refractivity contribution in [1.82, 2.24) is 4.90 Å². The number of aliphatic carboxylic acids is 1. The van der Waals surface area contributed by atoms with Crippen LogP contribution in [0.5, 0.6) is 0 Å². The van der Waals surface area contributed by atoms with Crippen molar-refractivity contribution >= 4 is 5.97 Å². The molecule has 0 aliphatic carbocycles. The zero-order valence-corrected chi connectivity index (χ0v) is 10.6. The van der Waals surface area contributed by atoms with Crippen LogP contribution in [0.4, 0.5) is 0 Å². The molecule has 94 valence electrons. The van der Waals surface area contributed by atoms with Crippen LogP contribution in [0.2, 0.25) is 0 Å². The first kappa shape index (κ1) is 13.7. The van der Waals surface area contributed by atoms with Crippen molar-refractivity contribution in [3.05, 3.63) is 35.9 Å². The first-order valence-electron chi connectivity index (χ1n) is 6.06. The SMILES string of the molecule is CC(C)CN(CCC(=O)O)Cc1ccccc1. The Hall–Kier alpha value is -1.35. The molecule has 0 aliphatic rings. The fraction of sp³-hybridized carbons (Fsp3) is 0.500. The third-order valence-electron chi connectivity index (χ3n) is 2.51. The molecule has 0 saturated carbocycles. The molecule has 0 aromatic heterocycles. The fourth-order valence-corrected chi connectivity index (χ4v) is 1.85. The second kappa shape index (κ2) is 7.07. The Morgan fingerprint density at radius 1 is 1.29 bits per heavy atom. The van der Waals surface area contributed by atoms with E-state index in [0.29, 0.717) is 12.5 Å². The molecule has 0 bridgehead atoms. The van der Waals surface area contributed by atoms with Crippen molar-refractivity contribution in [2.45, 2.75) is 26.8 Å². The summed E-state index contributed by atoms with van der Waals surface area (Å²) in [6.07, 6.45) is 0.208. The van der Waals surface area contributed by atoms with Gasteiger partial charge < -0.3 is 5.11 Å². The van der Waals surface area contributed by atoms with Gasteiger partial charge in [0.1, 0.15) is 0 Å². The molecule has 0 saturated heterocycles. The molecule has 0 radical (unpaired) electrons. The molecule has 1 rings (SSSR count). The van der Waals surface area contributed by atoms with Gasteiger partial charge in [-0.15, -0.1) is 0 Å². The molecular weight excluding hydrogens is 214 g/mol. The van der Waals surface area contributed by atoms with Gasteiger partial charge in [-0.2, -0.15) is 0 Å². The summed E-state index contributed by atoms with van der Waals surface area (Å²) in [6, 6.07) is 10.2. The molecular formula is C14H21NO2. The molecule has 0 spiro atoms. The minimum atomic E-state index is -0.730. The first-order chi connectivity index (χ1) is 8.08. The second-order valence-corrected chi connectivity index (χ2v) is 4.76. The Morgan fingerprint density at radius 3 is 2.47 bits per heavy atom. The highest BCUT2D eigenvalue weighted by atomic mass is 16.4. The Labute approximate surface area is 103 Å². The van der Waals surface area contributed by atoms with E-state index in [1.807, 2.05) is 18.2 Å². The number of carboxylic acids is 1. The van der Waals surface area contributed by atoms with Crippen LogP contribution in [0.1, 0.15) is 25.8 Å². The number of hydrogen-bond donors (Lipinski definition) is 1. The number of rotatable bonds is 7. The van der Waals surface area contributed by atoms with E-state index in [-0.39, 0.29) is 6.42 Å². The van der Waals surface area contributed by atoms with Crippen molar-refractivity contribution in [3.63, 3.8) is 0 Å². The van der Waals surface area contributed by atoms with Crippen LogP contribution < -0.4 is 0 Å². The number of carbonyl (C=O) groups is 1. The summed E-state index contributed by atoms with van der Waals surface area (Å²) in [6.45, 7) is 6.68. The minimum absolute atomic E-state index is 0.208. The molecule has 3 nitrogen and oxygen atoms in total. The summed E-state index contributed by atoms with van der Waals surface area (Å²) in [5.41, 5.74) is 1.23. The zero-order valence-electron chi connectivity index (χ0n) is 10.6. The zero-order chi connectivity index (χ0) is 12.7. The highest BCUT2D eigenvalue weighted by Crippen LogP contribution is 2.07. The number of benzene rings is 1. The summed E-state index contributed by atoms with van der Waals surface area (Å²) in [4.78, 5) is 12.8. The van der Waals surface area contributed by atoms with Crippen LogP contribution in [0, 0.1) is 5.92 Å². The number of nitrogens with zero attached hydrogens (tertiary/aromatic N) is 1. The van der Waals surface area contributed by atoms with Crippen LogP contribution in [-0.4, -0.2) is 29.1 Å². The van der Waals surface area contributed by atoms with Gasteiger partial charge in [0.2, 0.25) is 0 Å². The molecule has 0 heterocycles. The second-order valence-electron chi connectivity index (χ2n) is 4.76. The van der Waals surface area contributed by atoms with Crippen LogP contribution in [0.3, 0.4) is 0 Å². The van der Waals surface area contributed by atoms with Crippen molar-refractivity contribution in [3.8, 4) is 0 Å². The van der Waals surface area contributed by atoms with Crippen molar-refractivity contribution in [1.29, 1.82) is 0 Å². The van der Waals surface area contributed by atoms with Crippen LogP contribution in [0.15, 0.2) is 30.3 Å². The van der Waals surface area contributed by atoms with E-state index in [0.717, 1.165) is 13.1 Å². The van der Waals surface area contributed by atoms with E-state index >= 15 is 0 Å². The lowest BCUT2D eigenvalue weighted by Crippen LogP contribution is -2.29. The van der Waals surface area contributed by atoms with Crippen molar-refractivity contribution < 1.29 is 9.90 Å². The topological polar surface area (TPSA) is 40.5 Å². The van der Waals surface area contributed by atoms with E-state index in [1.54, 1.807) is 0 Å². The quantitative estimate of drug-likeness (QED) is 0.789. The Morgan fingerprint density at radius 2 is 1.94 bits per heavy atom. The van der Waals surface area contributed by atoms with Gasteiger partial charge in [0.25, 0.3) is 0 Å². The van der Waals surface area contributed by atoms with Crippen LogP contribution >= 0.6 is 0 Å². The summed E-state index contributed by atoms with van der Waals surface area (Å²) in [7, 11) is 0. The number of hydrogen-bond acceptors (Lipinski definition) is 2. The lowest BCUT2D eigenvalue weighted by Gasteiger charge is -2.23. The molecule has 0 unspecified atom stereocenters. The average molecular weight is 235 g/mol. The third-order valence-corrected chi connectivity index (χ3v) is 2.51. The maximum Gasteiger partial charge on any atom is 0.304 e. The smallest absolute Gasteiger partial charge is 0.304 e. The Bertz CT molecular complexity index is 335. The van der Waals surface area contributed by atoms with Gasteiger partial charge in [0.05, 0.1) is 6.42 Å². The van der Waals surface area contributed by atoms with Crippen LogP contribution in [0.25, 0.3) is 0 Å². The van der Waals surface area contributed by atoms with Gasteiger partial charge in [-0.05, 0) is 11.5 Å². The molecule has 0 amide bonds. The van der Waals surface area contributed by atoms with E-state index < -0.39 is 5.97 Å². The summed E-state index contributed by atoms with van der Waals surface area (Å²) >= 11 is 0. The molecule has 1 aromatic rings. The molecule has 1 N–H and O–H groups in total. The molecule has 0 atom stereocenters. The van der Waals surface area contributed by atoms with Crippen molar-refractivity contribution in [2.24, 2.45) is 5.92 Å². The Balaban J connectivity index is 2.53. The summed E-state index contributed by atoms with van der Waals surface area (Å²) < 4.78 is 0. The standard InChI is InChI=1S/C14H21NO2/c1-12(2)10-15(9-8-14(16)17)11-13-6-4-3-5-7-13/h3-7,12H,8-11H2,1-2H3,(H,16,17). The van der Waals surface area contributed by atoms with Crippen molar-refractivity contribution in [2.75, 3.05) is 13.1 Å². The third kappa shape index (κ3) is 6.07. The predicted molar refractivity (Wildman–Crippen MR) is 68.8 cm³/mol. The van der Waals surface area contributed by atoms with E-state index in [9.17, 15) is 4.79 Å². The molecule has 1 aromatic carbocycles. The molecule has 0 fully saturated rings. The largest absolute Gasteiger partial charge is 0.481 e. The first-order valence-corrected chi connectivity index (χ1v) is 6.06. The highest BCUT2D eigenvalue weighted by Gasteiger charge is 2.09. The minimum Gasteiger partial charge on any atom is -0.481 e. The van der Waals surface area contributed by atoms with E-state index in [1.165, 1.54) is 5.56 Å². The van der Waals surface area contributed by atoms with Gasteiger partial charge in [-0.3, -0.25) is 9.69 Å². The fourth-order valence-electron chi connectivity index (χ4n) is 1.85. The lowest BCUT2D eigenvalue weighted by molar-refractivity contribution is -0.137. The summed E-state index contributed by atoms with van der Waals surface area (Å²) in [5, 5.41) is 8.74. The highest BCUT2D eigenvalue weighted by molar-refractivity contribution is 5.66. The maximum absolute atomic E-state index is 10.6. The molecule has 17 heavy (non-hydrogen) atoms. The monoisotopic (exact) mass is 235 g/mol. The van der Waals surface area contributed by atoms with Gasteiger partial charge >= 0.3 is 5.97 Å². The summed E-state index contributed by atoms with van der Waals surface area (Å²) in [5.74, 6) is -0.181. The van der Waals surface area contributed by atoms with Crippen LogP contribution in [-0.2, 0) is 11.3 Å². The van der Waals surface area contributed by atoms with E-state index in [4.69, 9.17) is 5.11 Å². The number of carboxylic acid groups (broad SMARTS) is 1. The van der Waals surface area contributed by atoms with Gasteiger partial charge in [-0.1, -0.05) is 44.2 Å². The average Bonchev–Trinajstić information content (AvgIpc) is 2.26. The normalized spacial score (nSPS) is 11.1. The Kier molecular flexibility index (Phi) is 5.70. The van der Waals surface area contributed by atoms with Gasteiger partial charge in [0.15, 0.2) is 0 Å². The molecule has 3 heteroatoms. The predicted octanol–water partition coefficient (Wildman–Crippen LogP) is 2.62. The molecule has 0 aliphatic heterocycles.